The summed E-state index contributed by atoms with van der Waals surface area (Å²) in [6.07, 6.45) is 5.93. The van der Waals surface area contributed by atoms with Crippen molar-refractivity contribution in [3.63, 3.8) is 0 Å². The molecule has 0 radical (unpaired) electrons. The van der Waals surface area contributed by atoms with Gasteiger partial charge in [-0.3, -0.25) is 9.48 Å². The molecule has 5 nitrogen and oxygen atoms in total. The number of hydrogen-bond donors (Lipinski definition) is 0. The Bertz CT molecular complexity index is 475. The summed E-state index contributed by atoms with van der Waals surface area (Å²) in [7, 11) is 1.71. The van der Waals surface area contributed by atoms with Crippen LogP contribution in [0.2, 0.25) is 0 Å². The fraction of sp³-hybridized carbons (Fsp3) is 0.111. The molecule has 0 atom stereocenters. The second kappa shape index (κ2) is 3.90. The lowest BCUT2D eigenvalue weighted by molar-refractivity contribution is 0.102. The van der Waals surface area contributed by atoms with Gasteiger partial charge in [0.15, 0.2) is 0 Å². The third-order valence-electron chi connectivity index (χ3n) is 1.93. The molecule has 6 heteroatoms. The van der Waals surface area contributed by atoms with Gasteiger partial charge in [0.05, 0.1) is 16.2 Å². The van der Waals surface area contributed by atoms with Crippen molar-refractivity contribution in [2.45, 2.75) is 0 Å². The lowest BCUT2D eigenvalue weighted by Crippen LogP contribution is -2.09. The Kier molecular flexibility index (Phi) is 2.59. The summed E-state index contributed by atoms with van der Waals surface area (Å²) in [6.45, 7) is 0. The Hall–Kier alpha value is -1.56. The molecule has 2 aromatic rings. The molecule has 2 heterocycles. The molecule has 0 aliphatic carbocycles. The monoisotopic (exact) mass is 266 g/mol. The number of halogens is 1. The Labute approximate surface area is 94.3 Å². The average molecular weight is 267 g/mol. The van der Waals surface area contributed by atoms with E-state index in [1.54, 1.807) is 13.2 Å². The van der Waals surface area contributed by atoms with E-state index >= 15 is 0 Å². The maximum Gasteiger partial charge on any atom is 0.215 e. The molecule has 0 aromatic carbocycles. The van der Waals surface area contributed by atoms with Crippen molar-refractivity contribution in [1.82, 2.24) is 19.7 Å². The molecule has 2 rings (SSSR count). The van der Waals surface area contributed by atoms with Gasteiger partial charge in [-0.15, -0.1) is 0 Å². The standard InChI is InChI=1S/C9H7BrN4O/c1-14-8(7(10)4-13-14)9(15)6-2-11-5-12-3-6/h2-5H,1H3. The van der Waals surface area contributed by atoms with Crippen molar-refractivity contribution in [3.8, 4) is 0 Å². The van der Waals surface area contributed by atoms with Crippen molar-refractivity contribution in [2.24, 2.45) is 7.05 Å². The minimum atomic E-state index is -0.150. The summed E-state index contributed by atoms with van der Waals surface area (Å²) >= 11 is 3.27. The molecule has 15 heavy (non-hydrogen) atoms. The van der Waals surface area contributed by atoms with Crippen LogP contribution in [-0.4, -0.2) is 25.5 Å². The van der Waals surface area contributed by atoms with Crippen LogP contribution in [0, 0.1) is 0 Å². The molecule has 2 aromatic heterocycles. The van der Waals surface area contributed by atoms with Crippen molar-refractivity contribution >= 4 is 21.7 Å². The number of hydrogen-bond acceptors (Lipinski definition) is 4. The Morgan fingerprint density at radius 2 is 2.00 bits per heavy atom. The lowest BCUT2D eigenvalue weighted by atomic mass is 10.2. The van der Waals surface area contributed by atoms with Gasteiger partial charge in [-0.2, -0.15) is 5.10 Å². The van der Waals surface area contributed by atoms with Crippen LogP contribution in [0.4, 0.5) is 0 Å². The number of aryl methyl sites for hydroxylation is 1. The number of carbonyl (C=O) groups excluding carboxylic acids is 1. The van der Waals surface area contributed by atoms with Gasteiger partial charge in [0.2, 0.25) is 5.78 Å². The molecule has 76 valence electrons. The van der Waals surface area contributed by atoms with E-state index in [1.807, 2.05) is 0 Å². The molecule has 0 bridgehead atoms. The fourth-order valence-electron chi connectivity index (χ4n) is 1.22. The van der Waals surface area contributed by atoms with E-state index in [1.165, 1.54) is 23.4 Å². The van der Waals surface area contributed by atoms with E-state index in [2.05, 4.69) is 31.0 Å². The molecule has 0 spiro atoms. The van der Waals surface area contributed by atoms with Crippen molar-refractivity contribution in [1.29, 1.82) is 0 Å². The maximum atomic E-state index is 12.0. The number of aromatic nitrogens is 4. The first-order valence-electron chi connectivity index (χ1n) is 4.17. The average Bonchev–Trinajstić information content (AvgIpc) is 2.59. The first-order valence-corrected chi connectivity index (χ1v) is 4.96. The Morgan fingerprint density at radius 1 is 1.33 bits per heavy atom. The predicted molar refractivity (Wildman–Crippen MR) is 56.4 cm³/mol. The smallest absolute Gasteiger partial charge is 0.215 e. The predicted octanol–water partition coefficient (Wildman–Crippen LogP) is 1.20. The van der Waals surface area contributed by atoms with Crippen LogP contribution in [0.3, 0.4) is 0 Å². The van der Waals surface area contributed by atoms with Crippen LogP contribution >= 0.6 is 15.9 Å². The molecule has 0 saturated carbocycles. The maximum absolute atomic E-state index is 12.0. The summed E-state index contributed by atoms with van der Waals surface area (Å²) in [5.74, 6) is -0.150. The van der Waals surface area contributed by atoms with Gasteiger partial charge < -0.3 is 0 Å². The second-order valence-corrected chi connectivity index (χ2v) is 3.78. The van der Waals surface area contributed by atoms with Crippen molar-refractivity contribution in [2.75, 3.05) is 0 Å². The van der Waals surface area contributed by atoms with Crippen LogP contribution in [0.5, 0.6) is 0 Å². The summed E-state index contributed by atoms with van der Waals surface area (Å²) in [6, 6.07) is 0. The van der Waals surface area contributed by atoms with Gasteiger partial charge in [-0.05, 0) is 15.9 Å². The molecule has 0 unspecified atom stereocenters. The fourth-order valence-corrected chi connectivity index (χ4v) is 1.75. The van der Waals surface area contributed by atoms with E-state index in [0.717, 1.165) is 0 Å². The largest absolute Gasteiger partial charge is 0.287 e. The topological polar surface area (TPSA) is 60.7 Å². The van der Waals surface area contributed by atoms with Crippen LogP contribution in [0.25, 0.3) is 0 Å². The normalized spacial score (nSPS) is 10.3. The number of ketones is 1. The zero-order valence-corrected chi connectivity index (χ0v) is 9.47. The second-order valence-electron chi connectivity index (χ2n) is 2.92. The summed E-state index contributed by atoms with van der Waals surface area (Å²) in [5.41, 5.74) is 0.937. The molecular formula is C9H7BrN4O. The Balaban J connectivity index is 2.46. The van der Waals surface area contributed by atoms with Gasteiger partial charge in [0, 0.05) is 19.4 Å². The van der Waals surface area contributed by atoms with Gasteiger partial charge in [0.25, 0.3) is 0 Å². The minimum Gasteiger partial charge on any atom is -0.287 e. The molecule has 0 N–H and O–H groups in total. The highest BCUT2D eigenvalue weighted by Gasteiger charge is 2.17. The van der Waals surface area contributed by atoms with Gasteiger partial charge in [-0.1, -0.05) is 0 Å². The van der Waals surface area contributed by atoms with Gasteiger partial charge in [0.1, 0.15) is 12.0 Å². The molecule has 0 aliphatic heterocycles. The van der Waals surface area contributed by atoms with E-state index < -0.39 is 0 Å². The SMILES string of the molecule is Cn1ncc(Br)c1C(=O)c1cncnc1. The number of rotatable bonds is 2. The quantitative estimate of drug-likeness (QED) is 0.767. The number of carbonyl (C=O) groups is 1. The summed E-state index contributed by atoms with van der Waals surface area (Å²) < 4.78 is 2.18. The highest BCUT2D eigenvalue weighted by molar-refractivity contribution is 9.10. The van der Waals surface area contributed by atoms with Crippen LogP contribution in [0.1, 0.15) is 16.1 Å². The minimum absolute atomic E-state index is 0.150. The van der Waals surface area contributed by atoms with Crippen molar-refractivity contribution < 1.29 is 4.79 Å². The molecular weight excluding hydrogens is 260 g/mol. The van der Waals surface area contributed by atoms with E-state index in [0.29, 0.717) is 15.7 Å². The highest BCUT2D eigenvalue weighted by Crippen LogP contribution is 2.18. The van der Waals surface area contributed by atoms with Gasteiger partial charge in [-0.25, -0.2) is 9.97 Å². The van der Waals surface area contributed by atoms with Crippen LogP contribution in [-0.2, 0) is 7.05 Å². The molecule has 0 saturated heterocycles. The first kappa shape index (κ1) is 9.97. The zero-order chi connectivity index (χ0) is 10.8. The molecule has 0 amide bonds. The van der Waals surface area contributed by atoms with E-state index in [4.69, 9.17) is 0 Å². The molecule has 0 aliphatic rings. The summed E-state index contributed by atoms with van der Waals surface area (Å²) in [4.78, 5) is 19.6. The first-order chi connectivity index (χ1) is 7.20. The van der Waals surface area contributed by atoms with Crippen LogP contribution in [0.15, 0.2) is 29.4 Å². The third kappa shape index (κ3) is 1.80. The summed E-state index contributed by atoms with van der Waals surface area (Å²) in [5, 5.41) is 3.97. The molecule has 0 fully saturated rings. The number of nitrogens with zero attached hydrogens (tertiary/aromatic N) is 4. The van der Waals surface area contributed by atoms with E-state index in [-0.39, 0.29) is 5.78 Å². The Morgan fingerprint density at radius 3 is 2.53 bits per heavy atom. The lowest BCUT2D eigenvalue weighted by Gasteiger charge is -2.00. The zero-order valence-electron chi connectivity index (χ0n) is 7.88. The highest BCUT2D eigenvalue weighted by atomic mass is 79.9. The van der Waals surface area contributed by atoms with Gasteiger partial charge >= 0.3 is 0 Å². The van der Waals surface area contributed by atoms with Crippen molar-refractivity contribution in [3.05, 3.63) is 40.6 Å². The third-order valence-corrected chi connectivity index (χ3v) is 2.51. The van der Waals surface area contributed by atoms with Crippen LogP contribution < -0.4 is 0 Å². The van der Waals surface area contributed by atoms with E-state index in [9.17, 15) is 4.79 Å².